The van der Waals surface area contributed by atoms with Gasteiger partial charge in [-0.25, -0.2) is 4.99 Å². The third kappa shape index (κ3) is 2.68. The predicted molar refractivity (Wildman–Crippen MR) is 57.8 cm³/mol. The lowest BCUT2D eigenvalue weighted by Gasteiger charge is -2.18. The molecule has 0 aromatic heterocycles. The van der Waals surface area contributed by atoms with E-state index in [0.29, 0.717) is 5.84 Å². The Kier molecular flexibility index (Phi) is 5.33. The van der Waals surface area contributed by atoms with E-state index in [0.717, 1.165) is 24.0 Å². The SMILES string of the molecule is CCN(CC)C1=NC(=N)CS1.Cl. The summed E-state index contributed by atoms with van der Waals surface area (Å²) in [5.41, 5.74) is 0. The van der Waals surface area contributed by atoms with Crippen LogP contribution in [0.4, 0.5) is 0 Å². The molecule has 0 bridgehead atoms. The Morgan fingerprint density at radius 3 is 2.42 bits per heavy atom. The van der Waals surface area contributed by atoms with Crippen LogP contribution in [0.3, 0.4) is 0 Å². The highest BCUT2D eigenvalue weighted by Gasteiger charge is 2.15. The van der Waals surface area contributed by atoms with Crippen molar-refractivity contribution >= 4 is 35.2 Å². The van der Waals surface area contributed by atoms with E-state index in [4.69, 9.17) is 5.41 Å². The predicted octanol–water partition coefficient (Wildman–Crippen LogP) is 1.83. The average molecular weight is 208 g/mol. The molecular weight excluding hydrogens is 194 g/mol. The molecule has 1 aliphatic rings. The number of rotatable bonds is 2. The molecule has 0 unspecified atom stereocenters. The van der Waals surface area contributed by atoms with Gasteiger partial charge < -0.3 is 4.90 Å². The molecule has 0 amide bonds. The zero-order valence-corrected chi connectivity index (χ0v) is 8.97. The van der Waals surface area contributed by atoms with Crippen LogP contribution >= 0.6 is 24.2 Å². The smallest absolute Gasteiger partial charge is 0.166 e. The van der Waals surface area contributed by atoms with Crippen molar-refractivity contribution in [1.82, 2.24) is 4.90 Å². The standard InChI is InChI=1S/C7H13N3S.ClH/c1-3-10(4-2)7-9-6(8)5-11-7;/h8H,3-5H2,1-2H3;1H. The molecular formula is C7H14ClN3S. The first-order valence-electron chi connectivity index (χ1n) is 3.81. The second-order valence-corrected chi connectivity index (χ2v) is 3.24. The minimum absolute atomic E-state index is 0. The van der Waals surface area contributed by atoms with Crippen LogP contribution in [-0.4, -0.2) is 34.7 Å². The minimum Gasteiger partial charge on any atom is -0.352 e. The summed E-state index contributed by atoms with van der Waals surface area (Å²) in [5.74, 6) is 1.24. The van der Waals surface area contributed by atoms with E-state index in [1.165, 1.54) is 0 Å². The first kappa shape index (κ1) is 11.8. The lowest BCUT2D eigenvalue weighted by atomic mass is 10.6. The second-order valence-electron chi connectivity index (χ2n) is 2.30. The van der Waals surface area contributed by atoms with Crippen LogP contribution in [0, 0.1) is 5.41 Å². The lowest BCUT2D eigenvalue weighted by Crippen LogP contribution is -2.27. The van der Waals surface area contributed by atoms with Gasteiger partial charge in [0.05, 0.1) is 5.75 Å². The number of aliphatic imine (C=N–C) groups is 1. The maximum absolute atomic E-state index is 7.29. The number of hydrogen-bond donors (Lipinski definition) is 1. The zero-order chi connectivity index (χ0) is 8.27. The van der Waals surface area contributed by atoms with Crippen molar-refractivity contribution in [1.29, 1.82) is 5.41 Å². The monoisotopic (exact) mass is 207 g/mol. The van der Waals surface area contributed by atoms with Crippen molar-refractivity contribution < 1.29 is 0 Å². The number of nitrogens with one attached hydrogen (secondary N) is 1. The summed E-state index contributed by atoms with van der Waals surface area (Å²) in [4.78, 5) is 6.29. The van der Waals surface area contributed by atoms with Crippen LogP contribution in [-0.2, 0) is 0 Å². The van der Waals surface area contributed by atoms with Crippen LogP contribution in [0.25, 0.3) is 0 Å². The number of amidine groups is 2. The van der Waals surface area contributed by atoms with E-state index in [9.17, 15) is 0 Å². The van der Waals surface area contributed by atoms with Crippen molar-refractivity contribution in [3.8, 4) is 0 Å². The van der Waals surface area contributed by atoms with Crippen molar-refractivity contribution in [3.63, 3.8) is 0 Å². The number of nitrogens with zero attached hydrogens (tertiary/aromatic N) is 2. The van der Waals surface area contributed by atoms with Crippen LogP contribution in [0.2, 0.25) is 0 Å². The van der Waals surface area contributed by atoms with Gasteiger partial charge in [0.2, 0.25) is 0 Å². The molecule has 0 saturated carbocycles. The van der Waals surface area contributed by atoms with Crippen LogP contribution < -0.4 is 0 Å². The van der Waals surface area contributed by atoms with Gasteiger partial charge in [-0.3, -0.25) is 5.41 Å². The Bertz CT molecular complexity index is 189. The lowest BCUT2D eigenvalue weighted by molar-refractivity contribution is 0.476. The van der Waals surface area contributed by atoms with Gasteiger partial charge in [0, 0.05) is 13.1 Å². The largest absolute Gasteiger partial charge is 0.352 e. The molecule has 1 aliphatic heterocycles. The quantitative estimate of drug-likeness (QED) is 0.751. The highest BCUT2D eigenvalue weighted by Crippen LogP contribution is 2.15. The number of thioether (sulfide) groups is 1. The first-order chi connectivity index (χ1) is 5.27. The molecule has 0 spiro atoms. The Balaban J connectivity index is 0.00000121. The summed E-state index contributed by atoms with van der Waals surface area (Å²) in [6.07, 6.45) is 0. The van der Waals surface area contributed by atoms with E-state index >= 15 is 0 Å². The number of halogens is 1. The Labute approximate surface area is 83.5 Å². The van der Waals surface area contributed by atoms with Gasteiger partial charge in [0.1, 0.15) is 5.84 Å². The van der Waals surface area contributed by atoms with Crippen LogP contribution in [0.1, 0.15) is 13.8 Å². The van der Waals surface area contributed by atoms with Gasteiger partial charge >= 0.3 is 0 Å². The fourth-order valence-electron chi connectivity index (χ4n) is 0.969. The molecule has 1 heterocycles. The molecule has 0 radical (unpaired) electrons. The van der Waals surface area contributed by atoms with Gasteiger partial charge in [-0.15, -0.1) is 12.4 Å². The van der Waals surface area contributed by atoms with Gasteiger partial charge in [-0.05, 0) is 13.8 Å². The fraction of sp³-hybridized carbons (Fsp3) is 0.714. The summed E-state index contributed by atoms with van der Waals surface area (Å²) >= 11 is 1.66. The average Bonchev–Trinajstić information content (AvgIpc) is 2.39. The molecule has 3 nitrogen and oxygen atoms in total. The zero-order valence-electron chi connectivity index (χ0n) is 7.33. The van der Waals surface area contributed by atoms with Gasteiger partial charge in [0.15, 0.2) is 5.17 Å². The Hall–Kier alpha value is -0.220. The molecule has 12 heavy (non-hydrogen) atoms. The van der Waals surface area contributed by atoms with Crippen molar-refractivity contribution in [2.45, 2.75) is 13.8 Å². The van der Waals surface area contributed by atoms with Gasteiger partial charge in [-0.2, -0.15) is 0 Å². The minimum atomic E-state index is 0. The van der Waals surface area contributed by atoms with E-state index < -0.39 is 0 Å². The molecule has 0 saturated heterocycles. The highest BCUT2D eigenvalue weighted by molar-refractivity contribution is 8.14. The molecule has 0 atom stereocenters. The molecule has 0 fully saturated rings. The summed E-state index contributed by atoms with van der Waals surface area (Å²) in [6, 6.07) is 0. The summed E-state index contributed by atoms with van der Waals surface area (Å²) in [5, 5.41) is 8.30. The van der Waals surface area contributed by atoms with E-state index in [-0.39, 0.29) is 12.4 Å². The Morgan fingerprint density at radius 2 is 2.08 bits per heavy atom. The van der Waals surface area contributed by atoms with Gasteiger partial charge in [-0.1, -0.05) is 11.8 Å². The molecule has 0 aliphatic carbocycles. The Morgan fingerprint density at radius 1 is 1.50 bits per heavy atom. The molecule has 1 N–H and O–H groups in total. The van der Waals surface area contributed by atoms with E-state index in [2.05, 4.69) is 23.7 Å². The second kappa shape index (κ2) is 5.43. The maximum atomic E-state index is 7.29. The molecule has 70 valence electrons. The van der Waals surface area contributed by atoms with Gasteiger partial charge in [0.25, 0.3) is 0 Å². The van der Waals surface area contributed by atoms with E-state index in [1.54, 1.807) is 11.8 Å². The van der Waals surface area contributed by atoms with Crippen LogP contribution in [0.15, 0.2) is 4.99 Å². The van der Waals surface area contributed by atoms with Crippen LogP contribution in [0.5, 0.6) is 0 Å². The fourth-order valence-corrected chi connectivity index (χ4v) is 1.91. The summed E-state index contributed by atoms with van der Waals surface area (Å²) in [7, 11) is 0. The molecule has 1 rings (SSSR count). The number of hydrogen-bond acceptors (Lipinski definition) is 3. The first-order valence-corrected chi connectivity index (χ1v) is 4.80. The molecule has 0 aromatic carbocycles. The molecule has 5 heteroatoms. The van der Waals surface area contributed by atoms with Crippen molar-refractivity contribution in [2.24, 2.45) is 4.99 Å². The third-order valence-corrected chi connectivity index (χ3v) is 2.63. The topological polar surface area (TPSA) is 39.5 Å². The maximum Gasteiger partial charge on any atom is 0.166 e. The highest BCUT2D eigenvalue weighted by atomic mass is 35.5. The summed E-state index contributed by atoms with van der Waals surface area (Å²) < 4.78 is 0. The summed E-state index contributed by atoms with van der Waals surface area (Å²) in [6.45, 7) is 6.17. The molecule has 0 aromatic rings. The normalized spacial score (nSPS) is 15.5. The van der Waals surface area contributed by atoms with E-state index in [1.807, 2.05) is 0 Å². The van der Waals surface area contributed by atoms with Crippen molar-refractivity contribution in [2.75, 3.05) is 18.8 Å². The van der Waals surface area contributed by atoms with Crippen molar-refractivity contribution in [3.05, 3.63) is 0 Å². The third-order valence-electron chi connectivity index (χ3n) is 1.60.